The molecule has 4 atom stereocenters. The molecule has 0 saturated heterocycles. The molecule has 0 fully saturated rings. The number of hydrogen-bond donors (Lipinski definition) is 10. The third-order valence-electron chi connectivity index (χ3n) is 12.5. The van der Waals surface area contributed by atoms with Gasteiger partial charge in [-0.3, -0.25) is 19.2 Å². The molecule has 10 N–H and O–H groups in total. The first-order valence-corrected chi connectivity index (χ1v) is 28.1. The lowest BCUT2D eigenvalue weighted by Gasteiger charge is -2.17. The normalized spacial score (nSPS) is 13.2. The van der Waals surface area contributed by atoms with Crippen LogP contribution >= 0.6 is 0 Å². The summed E-state index contributed by atoms with van der Waals surface area (Å²) < 4.78 is 5.42. The highest BCUT2D eigenvalue weighted by molar-refractivity contribution is 5.94. The smallest absolute Gasteiger partial charge is 0.321 e. The summed E-state index contributed by atoms with van der Waals surface area (Å²) in [6, 6.07) is 24.5. The molecule has 0 saturated carbocycles. The largest absolute Gasteiger partial charge is 0.509 e. The average Bonchev–Trinajstić information content (AvgIpc) is 4.43. The van der Waals surface area contributed by atoms with Crippen molar-refractivity contribution in [3.8, 4) is 5.75 Å². The third kappa shape index (κ3) is 21.5. The van der Waals surface area contributed by atoms with E-state index in [1.165, 1.54) is 0 Å². The number of H-pyrrole nitrogens is 4. The third-order valence-corrected chi connectivity index (χ3v) is 12.5. The van der Waals surface area contributed by atoms with Crippen LogP contribution in [0.2, 0.25) is 0 Å². The number of carbonyl (C=O) groups excluding carboxylic acids is 3. The van der Waals surface area contributed by atoms with Crippen LogP contribution in [-0.2, 0) is 25.6 Å². The zero-order valence-corrected chi connectivity index (χ0v) is 50.5. The number of hydrogen-bond acceptors (Lipinski definition) is 13. The van der Waals surface area contributed by atoms with Gasteiger partial charge in [0, 0.05) is 47.7 Å². The number of aliphatic hydroxyl groups excluding tert-OH is 1. The predicted octanol–water partition coefficient (Wildman–Crippen LogP) is 12.3. The summed E-state index contributed by atoms with van der Waals surface area (Å²) in [7, 11) is 0. The molecule has 18 nitrogen and oxygen atoms in total. The Bertz CT molecular complexity index is 3290. The lowest BCUT2D eigenvalue weighted by molar-refractivity contribution is -0.139. The summed E-state index contributed by atoms with van der Waals surface area (Å²) in [5, 5.41) is 32.7. The number of benzene rings is 4. The van der Waals surface area contributed by atoms with Gasteiger partial charge in [0.1, 0.15) is 41.6 Å². The van der Waals surface area contributed by atoms with E-state index in [2.05, 4.69) is 125 Å². The maximum absolute atomic E-state index is 11.4. The van der Waals surface area contributed by atoms with Crippen LogP contribution < -0.4 is 26.0 Å². The van der Waals surface area contributed by atoms with Gasteiger partial charge in [0.15, 0.2) is 17.3 Å². The number of fused-ring (bicyclic) bond motifs is 4. The molecular formula is C65H85N11O7. The van der Waals surface area contributed by atoms with Gasteiger partial charge in [-0.2, -0.15) is 0 Å². The molecule has 0 bridgehead atoms. The van der Waals surface area contributed by atoms with Crippen LogP contribution in [0.5, 0.6) is 5.75 Å². The van der Waals surface area contributed by atoms with Crippen LogP contribution in [0.4, 0.5) is 0 Å². The first kappa shape index (κ1) is 65.5. The number of aromatic amines is 4. The van der Waals surface area contributed by atoms with Crippen LogP contribution in [0, 0.1) is 0 Å². The van der Waals surface area contributed by atoms with Crippen molar-refractivity contribution in [3.05, 3.63) is 149 Å². The van der Waals surface area contributed by atoms with E-state index in [-0.39, 0.29) is 53.9 Å². The number of imidazole rings is 3. The Morgan fingerprint density at radius 2 is 0.904 bits per heavy atom. The van der Waals surface area contributed by atoms with Gasteiger partial charge < -0.3 is 56.2 Å². The fraction of sp³-hybridized carbons (Fsp3) is 0.369. The van der Waals surface area contributed by atoms with E-state index in [0.717, 1.165) is 83.7 Å². The number of ketones is 3. The minimum absolute atomic E-state index is 0.0257. The number of nitrogens with zero attached hydrogens (tertiary/aromatic N) is 3. The van der Waals surface area contributed by atoms with Gasteiger partial charge in [-0.15, -0.1) is 0 Å². The predicted molar refractivity (Wildman–Crippen MR) is 336 cm³/mol. The number of allylic oxidation sites excluding steroid dienone is 3. The summed E-state index contributed by atoms with van der Waals surface area (Å²) >= 11 is 0. The van der Waals surface area contributed by atoms with E-state index in [1.54, 1.807) is 45.1 Å². The first-order valence-electron chi connectivity index (χ1n) is 28.1. The minimum Gasteiger partial charge on any atom is -0.509 e. The molecule has 0 aliphatic heterocycles. The fourth-order valence-electron chi connectivity index (χ4n) is 8.87. The lowest BCUT2D eigenvalue weighted by Crippen LogP contribution is -2.42. The molecule has 4 aromatic heterocycles. The minimum atomic E-state index is -0.878. The van der Waals surface area contributed by atoms with Gasteiger partial charge in [-0.05, 0) is 137 Å². The number of carbonyl (C=O) groups is 4. The van der Waals surface area contributed by atoms with Gasteiger partial charge >= 0.3 is 5.97 Å². The molecule has 0 aliphatic rings. The Hall–Kier alpha value is -8.29. The van der Waals surface area contributed by atoms with Gasteiger partial charge in [0.05, 0.1) is 51.2 Å². The number of aliphatic hydroxyl groups is 1. The standard InChI is InChI=1S/C17H22N2O4.3C16H21N3O/c1-10(2)19-16(17(21)22)6-12-8-18-15-5-4-13(7-14(12)15)23-9-11(3)20;3*1-10(2)17-12(4)16-18-14-8-7-13(6-5-11(3)20)9-15(14)19-16/h4-5,7-8,10,16,18-20H,3,6,9H2,1-2H3,(H,21,22);3*5-10,12,17H,1-4H3,(H,18,19)/b;3*6-5+/t16-;3*12-/m0110/s1. The number of aliphatic carboxylic acids is 1. The van der Waals surface area contributed by atoms with E-state index >= 15 is 0 Å². The summed E-state index contributed by atoms with van der Waals surface area (Å²) in [5.74, 6) is 2.60. The van der Waals surface area contributed by atoms with Crippen molar-refractivity contribution >= 4 is 85.6 Å². The molecule has 18 heteroatoms. The fourth-order valence-corrected chi connectivity index (χ4v) is 8.87. The number of rotatable bonds is 23. The Balaban J connectivity index is 0.000000203. The van der Waals surface area contributed by atoms with Crippen molar-refractivity contribution in [1.82, 2.24) is 56.2 Å². The number of ether oxygens (including phenoxy) is 1. The van der Waals surface area contributed by atoms with E-state index in [4.69, 9.17) is 9.84 Å². The number of carboxylic acid groups (broad SMARTS) is 1. The molecule has 4 heterocycles. The van der Waals surface area contributed by atoms with Crippen LogP contribution in [0.15, 0.2) is 110 Å². The van der Waals surface area contributed by atoms with E-state index < -0.39 is 12.0 Å². The molecule has 442 valence electrons. The van der Waals surface area contributed by atoms with Crippen molar-refractivity contribution in [2.24, 2.45) is 0 Å². The summed E-state index contributed by atoms with van der Waals surface area (Å²) in [6.45, 7) is 30.8. The molecule has 0 unspecified atom stereocenters. The Labute approximate surface area is 487 Å². The van der Waals surface area contributed by atoms with Crippen molar-refractivity contribution in [1.29, 1.82) is 0 Å². The van der Waals surface area contributed by atoms with Crippen LogP contribution in [0.3, 0.4) is 0 Å². The van der Waals surface area contributed by atoms with Crippen molar-refractivity contribution in [3.63, 3.8) is 0 Å². The molecule has 0 spiro atoms. The first-order chi connectivity index (χ1) is 39.2. The maximum Gasteiger partial charge on any atom is 0.321 e. The Morgan fingerprint density at radius 1 is 0.530 bits per heavy atom. The van der Waals surface area contributed by atoms with E-state index in [9.17, 15) is 24.3 Å². The molecule has 0 radical (unpaired) electrons. The van der Waals surface area contributed by atoms with Gasteiger partial charge in [-0.1, -0.05) is 98.4 Å². The van der Waals surface area contributed by atoms with Gasteiger partial charge in [0.25, 0.3) is 0 Å². The van der Waals surface area contributed by atoms with Gasteiger partial charge in [-0.25, -0.2) is 15.0 Å². The average molecular weight is 1130 g/mol. The summed E-state index contributed by atoms with van der Waals surface area (Å²) in [6.07, 6.45) is 12.3. The van der Waals surface area contributed by atoms with Gasteiger partial charge in [0.2, 0.25) is 0 Å². The topological polar surface area (TPSA) is 268 Å². The second-order valence-electron chi connectivity index (χ2n) is 21.9. The van der Waals surface area contributed by atoms with Crippen molar-refractivity contribution in [2.45, 2.75) is 152 Å². The number of carboxylic acids is 1. The van der Waals surface area contributed by atoms with Crippen LogP contribution in [-0.4, -0.2) is 105 Å². The quantitative estimate of drug-likeness (QED) is 0.0211. The van der Waals surface area contributed by atoms with E-state index in [0.29, 0.717) is 30.3 Å². The second kappa shape index (κ2) is 31.2. The number of nitrogens with one attached hydrogen (secondary N) is 8. The Morgan fingerprint density at radius 3 is 1.23 bits per heavy atom. The zero-order chi connectivity index (χ0) is 61.1. The molecule has 0 aliphatic carbocycles. The molecular weight excluding hydrogens is 1050 g/mol. The second-order valence-corrected chi connectivity index (χ2v) is 21.9. The summed E-state index contributed by atoms with van der Waals surface area (Å²) in [5.41, 5.74) is 10.6. The molecule has 8 rings (SSSR count). The Kier molecular flexibility index (Phi) is 24.7. The zero-order valence-electron chi connectivity index (χ0n) is 50.5. The highest BCUT2D eigenvalue weighted by Gasteiger charge is 2.21. The molecule has 8 aromatic rings. The summed E-state index contributed by atoms with van der Waals surface area (Å²) in [4.78, 5) is 71.2. The highest BCUT2D eigenvalue weighted by Crippen LogP contribution is 2.26. The number of aromatic nitrogens is 7. The van der Waals surface area contributed by atoms with Crippen molar-refractivity contribution < 1.29 is 34.1 Å². The maximum atomic E-state index is 11.4. The molecule has 83 heavy (non-hydrogen) atoms. The highest BCUT2D eigenvalue weighted by atomic mass is 16.5. The van der Waals surface area contributed by atoms with Crippen LogP contribution in [0.1, 0.15) is 155 Å². The monoisotopic (exact) mass is 1130 g/mol. The van der Waals surface area contributed by atoms with Crippen LogP contribution in [0.25, 0.3) is 62.2 Å². The molecule has 4 aromatic carbocycles. The van der Waals surface area contributed by atoms with E-state index in [1.807, 2.05) is 105 Å². The lowest BCUT2D eigenvalue weighted by atomic mass is 10.0. The molecule has 0 amide bonds. The van der Waals surface area contributed by atoms with Crippen molar-refractivity contribution in [2.75, 3.05) is 6.61 Å². The SMILES string of the molecule is C=C(O)COc1ccc2[nH]cc(C[C@H](NC(C)C)C(=O)O)c2c1.CC(=O)/C=C/c1ccc2nc([C@@H](C)NC(C)C)[nH]c2c1.CC(=O)/C=C/c1ccc2nc([C@@H](C)NC(C)C)[nH]c2c1.CC(=O)/C=C/c1ccc2nc([C@H](C)NC(C)C)[nH]c2c1.